The van der Waals surface area contributed by atoms with E-state index in [9.17, 15) is 17.6 Å². The van der Waals surface area contributed by atoms with Gasteiger partial charge in [0, 0.05) is 35.7 Å². The van der Waals surface area contributed by atoms with Gasteiger partial charge in [0.15, 0.2) is 0 Å². The summed E-state index contributed by atoms with van der Waals surface area (Å²) >= 11 is 3.94. The van der Waals surface area contributed by atoms with Crippen LogP contribution >= 0.6 is 11.6 Å². The molecule has 0 saturated carbocycles. The number of nitrogens with one attached hydrogen (secondary N) is 1. The number of carboxylic acid groups (broad SMARTS) is 1. The van der Waals surface area contributed by atoms with E-state index in [1.165, 1.54) is 12.4 Å². The van der Waals surface area contributed by atoms with Crippen LogP contribution in [0.5, 0.6) is 0 Å². The molecule has 0 atom stereocenters. The van der Waals surface area contributed by atoms with Gasteiger partial charge in [0.2, 0.25) is 0 Å². The minimum Gasteiger partial charge on any atom is -0.476 e. The van der Waals surface area contributed by atoms with Crippen molar-refractivity contribution < 1.29 is 46.1 Å². The van der Waals surface area contributed by atoms with E-state index in [-0.39, 0.29) is 18.3 Å². The number of nitrogens with zero attached hydrogens (tertiary/aromatic N) is 3. The first-order valence-electron chi connectivity index (χ1n) is 11.4. The number of aromatic nitrogens is 4. The minimum atomic E-state index is -4.11. The number of hydrogen-bond acceptors (Lipinski definition) is 7. The lowest BCUT2D eigenvalue weighted by molar-refractivity contribution is -0.153. The predicted molar refractivity (Wildman–Crippen MR) is 132 cm³/mol. The Morgan fingerprint density at radius 2 is 1.34 bits per heavy atom. The van der Waals surface area contributed by atoms with Crippen molar-refractivity contribution in [2.24, 2.45) is 0 Å². The molecule has 38 heavy (non-hydrogen) atoms. The van der Waals surface area contributed by atoms with Gasteiger partial charge in [-0.15, -0.1) is 0 Å². The first kappa shape index (κ1) is 32.1. The zero-order valence-corrected chi connectivity index (χ0v) is 23.0. The van der Waals surface area contributed by atoms with Gasteiger partial charge in [-0.25, -0.2) is 9.48 Å². The van der Waals surface area contributed by atoms with Crippen molar-refractivity contribution in [1.82, 2.24) is 20.0 Å². The van der Waals surface area contributed by atoms with Crippen molar-refractivity contribution >= 4 is 42.7 Å². The molecule has 2 aliphatic rings. The molecule has 0 aromatic carbocycles. The van der Waals surface area contributed by atoms with Gasteiger partial charge in [0.25, 0.3) is 0 Å². The van der Waals surface area contributed by atoms with E-state index in [1.807, 2.05) is 55.4 Å². The summed E-state index contributed by atoms with van der Waals surface area (Å²) in [6.45, 7) is 13.1. The number of hydrogen-bond donors (Lipinski definition) is 2. The van der Waals surface area contributed by atoms with Gasteiger partial charge in [0.05, 0.1) is 22.4 Å². The van der Waals surface area contributed by atoms with Crippen LogP contribution in [-0.4, -0.2) is 73.1 Å². The Bertz CT molecular complexity index is 1050. The summed E-state index contributed by atoms with van der Waals surface area (Å²) < 4.78 is 70.5. The van der Waals surface area contributed by atoms with Gasteiger partial charge >= 0.3 is 32.1 Å². The molecular formula is C21H31B2ClF4N4O6. The molecule has 0 bridgehead atoms. The molecule has 4 rings (SSSR count). The largest absolute Gasteiger partial charge is 0.498 e. The Kier molecular flexibility index (Phi) is 9.42. The van der Waals surface area contributed by atoms with Crippen LogP contribution in [0.15, 0.2) is 24.8 Å². The molecule has 4 heterocycles. The molecule has 0 spiro atoms. The zero-order valence-electron chi connectivity index (χ0n) is 22.3. The first-order valence-corrected chi connectivity index (χ1v) is 11.8. The highest BCUT2D eigenvalue weighted by molar-refractivity contribution is 6.62. The maximum absolute atomic E-state index is 12.4. The van der Waals surface area contributed by atoms with E-state index in [1.54, 1.807) is 12.4 Å². The van der Waals surface area contributed by atoms with E-state index < -0.39 is 36.2 Å². The van der Waals surface area contributed by atoms with Gasteiger partial charge in [0.1, 0.15) is 0 Å². The van der Waals surface area contributed by atoms with Gasteiger partial charge in [-0.05, 0) is 67.0 Å². The van der Waals surface area contributed by atoms with Crippen LogP contribution < -0.4 is 10.9 Å². The number of aliphatic carboxylic acids is 1. The molecule has 2 aromatic heterocycles. The minimum absolute atomic E-state index is 0.283. The van der Waals surface area contributed by atoms with Crippen molar-refractivity contribution in [3.05, 3.63) is 24.8 Å². The molecule has 0 unspecified atom stereocenters. The van der Waals surface area contributed by atoms with Crippen molar-refractivity contribution in [1.29, 1.82) is 0 Å². The van der Waals surface area contributed by atoms with Crippen molar-refractivity contribution in [2.45, 2.75) is 89.7 Å². The topological polar surface area (TPSA) is 121 Å². The molecule has 0 amide bonds. The summed E-state index contributed by atoms with van der Waals surface area (Å²) in [5, 5.41) is 13.4. The van der Waals surface area contributed by atoms with Crippen LogP contribution in [0.2, 0.25) is 0 Å². The van der Waals surface area contributed by atoms with E-state index in [2.05, 4.69) is 26.9 Å². The SMILES string of the molecule is CC1(C)OB(c2cn[nH]c2)OC1(C)C.CC1(C)OB(c2cnn(C(F)F)c2)OC1(C)C.O=C(O)C(F)(F)Cl. The highest BCUT2D eigenvalue weighted by Crippen LogP contribution is 2.37. The predicted octanol–water partition coefficient (Wildman–Crippen LogP) is 3.19. The Balaban J connectivity index is 0.000000218. The third-order valence-corrected chi connectivity index (χ3v) is 6.80. The number of alkyl halides is 5. The van der Waals surface area contributed by atoms with Gasteiger partial charge in [-0.1, -0.05) is 0 Å². The molecule has 2 aromatic rings. The second-order valence-corrected chi connectivity index (χ2v) is 11.0. The Hall–Kier alpha value is -2.13. The van der Waals surface area contributed by atoms with Crippen molar-refractivity contribution in [3.63, 3.8) is 0 Å². The smallest absolute Gasteiger partial charge is 0.476 e. The van der Waals surface area contributed by atoms with Crippen LogP contribution in [0.25, 0.3) is 0 Å². The summed E-state index contributed by atoms with van der Waals surface area (Å²) in [5.74, 6) is -2.32. The van der Waals surface area contributed by atoms with Crippen LogP contribution in [0.3, 0.4) is 0 Å². The normalized spacial score (nSPS) is 21.0. The number of rotatable bonds is 4. The van der Waals surface area contributed by atoms with Crippen molar-refractivity contribution in [3.8, 4) is 0 Å². The van der Waals surface area contributed by atoms with E-state index >= 15 is 0 Å². The fraction of sp³-hybridized carbons (Fsp3) is 0.667. The molecule has 17 heteroatoms. The third-order valence-electron chi connectivity index (χ3n) is 6.63. The van der Waals surface area contributed by atoms with Crippen molar-refractivity contribution in [2.75, 3.05) is 0 Å². The van der Waals surface area contributed by atoms with Crippen LogP contribution in [0.4, 0.5) is 17.6 Å². The molecule has 0 radical (unpaired) electrons. The highest BCUT2D eigenvalue weighted by atomic mass is 35.5. The van der Waals surface area contributed by atoms with Gasteiger partial charge in [-0.2, -0.15) is 27.8 Å². The third kappa shape index (κ3) is 7.50. The molecular weight excluding hydrogens is 537 g/mol. The first-order chi connectivity index (χ1) is 17.1. The van der Waals surface area contributed by atoms with E-state index in [0.717, 1.165) is 5.46 Å². The monoisotopic (exact) mass is 568 g/mol. The maximum atomic E-state index is 12.4. The number of carboxylic acids is 1. The van der Waals surface area contributed by atoms with Gasteiger partial charge in [-0.3, -0.25) is 5.10 Å². The number of H-pyrrole nitrogens is 1. The molecule has 212 valence electrons. The number of carbonyl (C=O) groups is 1. The summed E-state index contributed by atoms with van der Waals surface area (Å²) in [6.07, 6.45) is 6.10. The Morgan fingerprint density at radius 1 is 0.947 bits per heavy atom. The lowest BCUT2D eigenvalue weighted by Crippen LogP contribution is -2.41. The van der Waals surface area contributed by atoms with Gasteiger partial charge < -0.3 is 23.7 Å². The second kappa shape index (κ2) is 11.2. The lowest BCUT2D eigenvalue weighted by Gasteiger charge is -2.32. The van der Waals surface area contributed by atoms with E-state index in [4.69, 9.17) is 28.5 Å². The Labute approximate surface area is 223 Å². The average molecular weight is 569 g/mol. The fourth-order valence-electron chi connectivity index (χ4n) is 2.93. The second-order valence-electron chi connectivity index (χ2n) is 10.5. The number of aromatic amines is 1. The van der Waals surface area contributed by atoms with E-state index in [0.29, 0.717) is 10.1 Å². The Morgan fingerprint density at radius 3 is 1.63 bits per heavy atom. The molecule has 0 aliphatic carbocycles. The fourth-order valence-corrected chi connectivity index (χ4v) is 2.93. The summed E-state index contributed by atoms with van der Waals surface area (Å²) in [7, 11) is -0.953. The highest BCUT2D eigenvalue weighted by Gasteiger charge is 2.53. The average Bonchev–Trinajstić information content (AvgIpc) is 3.50. The molecule has 2 aliphatic heterocycles. The molecule has 2 fully saturated rings. The molecule has 10 nitrogen and oxygen atoms in total. The van der Waals surface area contributed by atoms with Crippen LogP contribution in [0.1, 0.15) is 61.9 Å². The molecule has 2 saturated heterocycles. The summed E-state index contributed by atoms with van der Waals surface area (Å²) in [4.78, 5) is 9.14. The number of halogens is 5. The quantitative estimate of drug-likeness (QED) is 0.328. The van der Waals surface area contributed by atoms with Crippen LogP contribution in [0, 0.1) is 0 Å². The summed E-state index contributed by atoms with van der Waals surface area (Å²) in [5.41, 5.74) is -0.0911. The lowest BCUT2D eigenvalue weighted by atomic mass is 9.82. The zero-order chi connectivity index (χ0) is 29.3. The molecule has 2 N–H and O–H groups in total. The summed E-state index contributed by atoms with van der Waals surface area (Å²) in [6, 6.07) is 0. The standard InChI is InChI=1S/C10H15BF2N2O2.C9H15BN2O2.C2HClF2O2/c1-9(2)10(3,4)17-11(16-9)7-5-14-15(6-7)8(12)13;1-8(2)9(3,4)14-10(13-8)7-5-11-12-6-7;3-2(4,5)1(6)7/h5-6,8H,1-4H3;5-6H,1-4H3,(H,11,12);(H,6,7). The maximum Gasteiger partial charge on any atom is 0.498 e. The van der Waals surface area contributed by atoms with Crippen LogP contribution in [-0.2, 0) is 23.4 Å².